The van der Waals surface area contributed by atoms with Gasteiger partial charge in [-0.05, 0) is 26.0 Å². The molecule has 0 spiro atoms. The van der Waals surface area contributed by atoms with Gasteiger partial charge in [-0.15, -0.1) is 0 Å². The van der Waals surface area contributed by atoms with Gasteiger partial charge in [-0.3, -0.25) is 14.8 Å². The number of amidine groups is 1. The molecule has 0 saturated heterocycles. The Kier molecular flexibility index (Phi) is 3.10. The van der Waals surface area contributed by atoms with Crippen LogP contribution in [0.1, 0.15) is 31.0 Å². The first-order valence-corrected chi connectivity index (χ1v) is 6.62. The summed E-state index contributed by atoms with van der Waals surface area (Å²) in [6.07, 6.45) is 5.29. The molecule has 0 aliphatic carbocycles. The molecule has 1 aliphatic heterocycles. The summed E-state index contributed by atoms with van der Waals surface area (Å²) < 4.78 is 2.06. The van der Waals surface area contributed by atoms with Crippen LogP contribution in [-0.4, -0.2) is 15.4 Å². The van der Waals surface area contributed by atoms with E-state index in [-0.39, 0.29) is 11.5 Å². The molecule has 5 heteroatoms. The van der Waals surface area contributed by atoms with Crippen LogP contribution >= 0.6 is 0 Å². The van der Waals surface area contributed by atoms with Gasteiger partial charge in [0, 0.05) is 36.3 Å². The van der Waals surface area contributed by atoms with Gasteiger partial charge in [0.2, 0.25) is 0 Å². The minimum Gasteiger partial charge on any atom is -0.332 e. The molecule has 0 saturated carbocycles. The van der Waals surface area contributed by atoms with Crippen molar-refractivity contribution in [3.63, 3.8) is 0 Å². The van der Waals surface area contributed by atoms with E-state index in [0.717, 1.165) is 22.8 Å². The topological polar surface area (TPSA) is 59.3 Å². The molecule has 0 unspecified atom stereocenters. The van der Waals surface area contributed by atoms with Gasteiger partial charge in [0.05, 0.1) is 12.1 Å². The molecule has 1 aliphatic rings. The van der Waals surface area contributed by atoms with Gasteiger partial charge in [0.1, 0.15) is 11.7 Å². The third-order valence-electron chi connectivity index (χ3n) is 3.37. The first-order chi connectivity index (χ1) is 9.66. The van der Waals surface area contributed by atoms with Crippen molar-refractivity contribution in [1.82, 2.24) is 9.55 Å². The number of hydrogen-bond acceptors (Lipinski definition) is 4. The molecule has 1 N–H and O–H groups in total. The molecule has 0 amide bonds. The normalized spacial score (nSPS) is 13.7. The van der Waals surface area contributed by atoms with Gasteiger partial charge in [0.15, 0.2) is 5.43 Å². The molecule has 20 heavy (non-hydrogen) atoms. The van der Waals surface area contributed by atoms with Gasteiger partial charge in [0.25, 0.3) is 0 Å². The smallest absolute Gasteiger partial charge is 0.188 e. The Morgan fingerprint density at radius 3 is 2.70 bits per heavy atom. The fraction of sp³-hybridized carbons (Fsp3) is 0.267. The average molecular weight is 268 g/mol. The maximum Gasteiger partial charge on any atom is 0.188 e. The monoisotopic (exact) mass is 268 g/mol. The summed E-state index contributed by atoms with van der Waals surface area (Å²) in [6, 6.07) is 5.68. The molecule has 3 heterocycles. The Bertz CT molecular complexity index is 716. The Hall–Kier alpha value is -2.43. The number of nitrogens with zero attached hydrogens (tertiary/aromatic N) is 3. The predicted octanol–water partition coefficient (Wildman–Crippen LogP) is 2.20. The van der Waals surface area contributed by atoms with Gasteiger partial charge < -0.3 is 9.88 Å². The number of nitrogens with one attached hydrogen (secondary N) is 1. The lowest BCUT2D eigenvalue weighted by Crippen LogP contribution is -2.27. The zero-order chi connectivity index (χ0) is 14.1. The molecular weight excluding hydrogens is 252 g/mol. The summed E-state index contributed by atoms with van der Waals surface area (Å²) in [5.41, 5.74) is 1.72. The van der Waals surface area contributed by atoms with Gasteiger partial charge in [-0.1, -0.05) is 0 Å². The molecule has 2 aromatic rings. The molecule has 102 valence electrons. The highest BCUT2D eigenvalue weighted by atomic mass is 16.1. The van der Waals surface area contributed by atoms with Crippen molar-refractivity contribution >= 4 is 11.7 Å². The van der Waals surface area contributed by atoms with Crippen LogP contribution in [0.3, 0.4) is 0 Å². The molecule has 0 radical (unpaired) electrons. The Morgan fingerprint density at radius 1 is 1.25 bits per heavy atom. The van der Waals surface area contributed by atoms with Crippen molar-refractivity contribution in [2.75, 3.05) is 5.32 Å². The van der Waals surface area contributed by atoms with E-state index >= 15 is 0 Å². The van der Waals surface area contributed by atoms with E-state index in [9.17, 15) is 4.79 Å². The van der Waals surface area contributed by atoms with Crippen LogP contribution in [0.4, 0.5) is 5.82 Å². The molecule has 2 aromatic heterocycles. The Morgan fingerprint density at radius 2 is 2.00 bits per heavy atom. The zero-order valence-electron chi connectivity index (χ0n) is 11.5. The van der Waals surface area contributed by atoms with E-state index in [1.165, 1.54) is 0 Å². The Labute approximate surface area is 117 Å². The van der Waals surface area contributed by atoms with Gasteiger partial charge in [-0.25, -0.2) is 0 Å². The number of fused-ring (bicyclic) bond motifs is 1. The number of aliphatic imine (C=N–C) groups is 1. The second-order valence-corrected chi connectivity index (χ2v) is 5.03. The lowest BCUT2D eigenvalue weighted by atomic mass is 10.1. The maximum atomic E-state index is 11.9. The van der Waals surface area contributed by atoms with Crippen LogP contribution in [0.2, 0.25) is 0 Å². The largest absolute Gasteiger partial charge is 0.332 e. The first-order valence-electron chi connectivity index (χ1n) is 6.62. The Balaban J connectivity index is 2.06. The van der Waals surface area contributed by atoms with E-state index in [1.54, 1.807) is 18.5 Å². The van der Waals surface area contributed by atoms with Crippen LogP contribution in [0.15, 0.2) is 46.6 Å². The summed E-state index contributed by atoms with van der Waals surface area (Å²) in [5, 5.41) is 3.29. The summed E-state index contributed by atoms with van der Waals surface area (Å²) in [5.74, 6) is 1.62. The van der Waals surface area contributed by atoms with Crippen molar-refractivity contribution in [2.24, 2.45) is 4.99 Å². The number of aromatic nitrogens is 2. The summed E-state index contributed by atoms with van der Waals surface area (Å²) >= 11 is 0. The lowest BCUT2D eigenvalue weighted by molar-refractivity contribution is 0.599. The third-order valence-corrected chi connectivity index (χ3v) is 3.37. The minimum absolute atomic E-state index is 0.0296. The quantitative estimate of drug-likeness (QED) is 0.908. The second-order valence-electron chi connectivity index (χ2n) is 5.03. The summed E-state index contributed by atoms with van der Waals surface area (Å²) in [4.78, 5) is 20.4. The van der Waals surface area contributed by atoms with Crippen LogP contribution in [0.5, 0.6) is 0 Å². The fourth-order valence-electron chi connectivity index (χ4n) is 2.30. The molecule has 0 fully saturated rings. The molecule has 0 bridgehead atoms. The maximum absolute atomic E-state index is 11.9. The SMILES string of the molecule is CC(C)n1ccc(=O)c2c1NC(c1ccncc1)=NC2. The summed E-state index contributed by atoms with van der Waals surface area (Å²) in [6.45, 7) is 4.58. The van der Waals surface area contributed by atoms with Gasteiger partial charge in [-0.2, -0.15) is 0 Å². The number of pyridine rings is 2. The van der Waals surface area contributed by atoms with Crippen LogP contribution in [0, 0.1) is 0 Å². The number of rotatable bonds is 2. The summed E-state index contributed by atoms with van der Waals surface area (Å²) in [7, 11) is 0. The third kappa shape index (κ3) is 2.11. The zero-order valence-corrected chi connectivity index (χ0v) is 11.5. The van der Waals surface area contributed by atoms with Crippen molar-refractivity contribution in [2.45, 2.75) is 26.4 Å². The van der Waals surface area contributed by atoms with Crippen molar-refractivity contribution in [1.29, 1.82) is 0 Å². The fourth-order valence-corrected chi connectivity index (χ4v) is 2.30. The molecule has 0 aromatic carbocycles. The number of hydrogen-bond donors (Lipinski definition) is 1. The van der Waals surface area contributed by atoms with Crippen LogP contribution in [0.25, 0.3) is 0 Å². The van der Waals surface area contributed by atoms with Crippen LogP contribution < -0.4 is 10.7 Å². The minimum atomic E-state index is 0.0296. The standard InChI is InChI=1S/C15H16N4O/c1-10(2)19-8-5-13(20)12-9-17-14(18-15(12)19)11-3-6-16-7-4-11/h3-8,10H,9H2,1-2H3,(H,17,18). The number of anilines is 1. The molecule has 3 rings (SSSR count). The molecule has 5 nitrogen and oxygen atoms in total. The van der Waals surface area contributed by atoms with E-state index < -0.39 is 0 Å². The van der Waals surface area contributed by atoms with Gasteiger partial charge >= 0.3 is 0 Å². The predicted molar refractivity (Wildman–Crippen MR) is 79.2 cm³/mol. The highest BCUT2D eigenvalue weighted by Gasteiger charge is 2.19. The van der Waals surface area contributed by atoms with E-state index in [4.69, 9.17) is 0 Å². The van der Waals surface area contributed by atoms with Crippen LogP contribution in [-0.2, 0) is 6.54 Å². The first kappa shape index (κ1) is 12.6. The lowest BCUT2D eigenvalue weighted by Gasteiger charge is -2.24. The molecular formula is C15H16N4O. The average Bonchev–Trinajstić information content (AvgIpc) is 2.48. The highest BCUT2D eigenvalue weighted by Crippen LogP contribution is 2.22. The van der Waals surface area contributed by atoms with Crippen molar-refractivity contribution < 1.29 is 0 Å². The van der Waals surface area contributed by atoms with E-state index in [1.807, 2.05) is 18.3 Å². The highest BCUT2D eigenvalue weighted by molar-refractivity contribution is 6.08. The van der Waals surface area contributed by atoms with Crippen molar-refractivity contribution in [3.05, 3.63) is 58.1 Å². The second kappa shape index (κ2) is 4.92. The van der Waals surface area contributed by atoms with E-state index in [2.05, 4.69) is 33.7 Å². The van der Waals surface area contributed by atoms with Crippen molar-refractivity contribution in [3.8, 4) is 0 Å². The molecule has 0 atom stereocenters. The van der Waals surface area contributed by atoms with E-state index in [0.29, 0.717) is 6.54 Å².